The molecule has 0 bridgehead atoms. The summed E-state index contributed by atoms with van der Waals surface area (Å²) in [6.45, 7) is 4.91. The fourth-order valence-corrected chi connectivity index (χ4v) is 3.43. The van der Waals surface area contributed by atoms with Crippen molar-refractivity contribution in [2.24, 2.45) is 4.99 Å². The summed E-state index contributed by atoms with van der Waals surface area (Å²) in [4.78, 5) is 8.46. The van der Waals surface area contributed by atoms with Gasteiger partial charge in [0.25, 0.3) is 0 Å². The van der Waals surface area contributed by atoms with Gasteiger partial charge in [0.1, 0.15) is 0 Å². The smallest absolute Gasteiger partial charge is 0.0440 e. The molecule has 0 unspecified atom stereocenters. The van der Waals surface area contributed by atoms with Gasteiger partial charge in [-0.25, -0.2) is 0 Å². The van der Waals surface area contributed by atoms with Crippen LogP contribution in [0, 0.1) is 6.92 Å². The number of thiophene rings is 1. The Labute approximate surface area is 142 Å². The van der Waals surface area contributed by atoms with Gasteiger partial charge in [-0.05, 0) is 41.6 Å². The Hall–Kier alpha value is -2.07. The quantitative estimate of drug-likeness (QED) is 0.843. The molecule has 2 N–H and O–H groups in total. The number of nitrogen functional groups attached to an aromatic ring is 1. The van der Waals surface area contributed by atoms with Crippen molar-refractivity contribution in [3.63, 3.8) is 0 Å². The molecule has 2 heterocycles. The molecule has 0 fully saturated rings. The van der Waals surface area contributed by atoms with Crippen LogP contribution in [0.1, 0.15) is 22.4 Å². The number of anilines is 1. The Balaban J connectivity index is 1.54. The van der Waals surface area contributed by atoms with Crippen molar-refractivity contribution in [1.82, 2.24) is 4.90 Å². The van der Waals surface area contributed by atoms with Crippen molar-refractivity contribution >= 4 is 22.7 Å². The molecule has 0 spiro atoms. The van der Waals surface area contributed by atoms with Gasteiger partial charge in [0, 0.05) is 55.0 Å². The predicted octanol–water partition coefficient (Wildman–Crippen LogP) is 4.04. The van der Waals surface area contributed by atoms with Gasteiger partial charge >= 0.3 is 0 Å². The molecule has 120 valence electrons. The molecule has 3 rings (SSSR count). The van der Waals surface area contributed by atoms with Gasteiger partial charge in [-0.2, -0.15) is 0 Å². The van der Waals surface area contributed by atoms with Crippen molar-refractivity contribution in [2.75, 3.05) is 18.8 Å². The molecule has 0 aliphatic carbocycles. The van der Waals surface area contributed by atoms with E-state index in [9.17, 15) is 0 Å². The molecule has 1 aliphatic rings. The highest BCUT2D eigenvalue weighted by Crippen LogP contribution is 2.19. The average Bonchev–Trinajstić information content (AvgIpc) is 3.07. The largest absolute Gasteiger partial charge is 0.399 e. The van der Waals surface area contributed by atoms with Crippen molar-refractivity contribution < 1.29 is 0 Å². The van der Waals surface area contributed by atoms with Crippen LogP contribution in [0.3, 0.4) is 0 Å². The summed E-state index contributed by atoms with van der Waals surface area (Å²) in [6, 6.07) is 10.4. The molecule has 1 aromatic heterocycles. The first-order chi connectivity index (χ1) is 11.2. The fourth-order valence-electron chi connectivity index (χ4n) is 2.73. The van der Waals surface area contributed by atoms with Gasteiger partial charge in [0.15, 0.2) is 0 Å². The molecule has 3 nitrogen and oxygen atoms in total. The first-order valence-electron chi connectivity index (χ1n) is 8.04. The van der Waals surface area contributed by atoms with E-state index >= 15 is 0 Å². The molecular weight excluding hydrogens is 302 g/mol. The van der Waals surface area contributed by atoms with E-state index < -0.39 is 0 Å². The fraction of sp³-hybridized carbons (Fsp3) is 0.316. The van der Waals surface area contributed by atoms with Crippen LogP contribution in [0.5, 0.6) is 0 Å². The zero-order valence-corrected chi connectivity index (χ0v) is 14.4. The Morgan fingerprint density at radius 2 is 2.17 bits per heavy atom. The van der Waals surface area contributed by atoms with E-state index in [1.165, 1.54) is 21.7 Å². The summed E-state index contributed by atoms with van der Waals surface area (Å²) >= 11 is 1.81. The number of allylic oxidation sites excluding steroid dienone is 1. The van der Waals surface area contributed by atoms with Crippen LogP contribution in [0.25, 0.3) is 0 Å². The number of nitrogens with zero attached hydrogens (tertiary/aromatic N) is 2. The van der Waals surface area contributed by atoms with Crippen LogP contribution in [-0.2, 0) is 13.0 Å². The van der Waals surface area contributed by atoms with E-state index in [0.29, 0.717) is 0 Å². The highest BCUT2D eigenvalue weighted by molar-refractivity contribution is 7.09. The highest BCUT2D eigenvalue weighted by atomic mass is 32.1. The summed E-state index contributed by atoms with van der Waals surface area (Å²) in [6.07, 6.45) is 6.37. The molecular formula is C19H23N3S. The molecule has 0 atom stereocenters. The maximum atomic E-state index is 5.99. The zero-order chi connectivity index (χ0) is 16.1. The summed E-state index contributed by atoms with van der Waals surface area (Å²) < 4.78 is 0. The highest BCUT2D eigenvalue weighted by Gasteiger charge is 2.10. The summed E-state index contributed by atoms with van der Waals surface area (Å²) in [7, 11) is 0. The molecule has 1 aromatic carbocycles. The summed E-state index contributed by atoms with van der Waals surface area (Å²) in [5.41, 5.74) is 10.6. The number of rotatable bonds is 5. The van der Waals surface area contributed by atoms with Crippen LogP contribution in [0.4, 0.5) is 5.69 Å². The van der Waals surface area contributed by atoms with Crippen LogP contribution in [0.15, 0.2) is 53.0 Å². The Kier molecular flexibility index (Phi) is 5.13. The standard InChI is InChI=1S/C19H23N3S/c1-15-16(4-2-6-19(15)20)14-22-11-8-17(9-12-22)21-10-7-18-5-3-13-23-18/h2-6,8,11,13H,7,9-10,12,14,20H2,1H3. The molecule has 23 heavy (non-hydrogen) atoms. The summed E-state index contributed by atoms with van der Waals surface area (Å²) in [5.74, 6) is 0. The lowest BCUT2D eigenvalue weighted by Gasteiger charge is -2.25. The van der Waals surface area contributed by atoms with E-state index in [1.807, 2.05) is 23.5 Å². The second-order valence-corrected chi connectivity index (χ2v) is 6.90. The maximum absolute atomic E-state index is 5.99. The van der Waals surface area contributed by atoms with Crippen LogP contribution in [0.2, 0.25) is 0 Å². The SMILES string of the molecule is Cc1c(N)cccc1CN1C=CC(=NCCc2cccs2)CC1. The van der Waals surface area contributed by atoms with Crippen LogP contribution < -0.4 is 5.73 Å². The minimum Gasteiger partial charge on any atom is -0.399 e. The van der Waals surface area contributed by atoms with Crippen molar-refractivity contribution in [3.05, 3.63) is 64.0 Å². The van der Waals surface area contributed by atoms with E-state index in [2.05, 4.69) is 47.7 Å². The van der Waals surface area contributed by atoms with E-state index in [1.54, 1.807) is 0 Å². The van der Waals surface area contributed by atoms with Crippen LogP contribution in [-0.4, -0.2) is 23.7 Å². The van der Waals surface area contributed by atoms with Gasteiger partial charge in [-0.15, -0.1) is 11.3 Å². The van der Waals surface area contributed by atoms with E-state index in [0.717, 1.165) is 38.2 Å². The average molecular weight is 325 g/mol. The minimum absolute atomic E-state index is 0.874. The third-order valence-corrected chi connectivity index (χ3v) is 5.18. The molecule has 4 heteroatoms. The normalized spacial score (nSPS) is 16.2. The first-order valence-corrected chi connectivity index (χ1v) is 8.92. The summed E-state index contributed by atoms with van der Waals surface area (Å²) in [5, 5.41) is 2.12. The molecule has 2 aromatic rings. The Bertz CT molecular complexity index is 701. The number of hydrogen-bond acceptors (Lipinski definition) is 4. The lowest BCUT2D eigenvalue weighted by molar-refractivity contribution is 0.374. The Morgan fingerprint density at radius 3 is 2.91 bits per heavy atom. The Morgan fingerprint density at radius 1 is 1.26 bits per heavy atom. The monoisotopic (exact) mass is 325 g/mol. The second kappa shape index (κ2) is 7.47. The van der Waals surface area contributed by atoms with Crippen molar-refractivity contribution in [1.29, 1.82) is 0 Å². The van der Waals surface area contributed by atoms with Gasteiger partial charge in [-0.3, -0.25) is 4.99 Å². The number of aliphatic imine (C=N–C) groups is 1. The predicted molar refractivity (Wildman–Crippen MR) is 100 cm³/mol. The lowest BCUT2D eigenvalue weighted by atomic mass is 10.1. The topological polar surface area (TPSA) is 41.6 Å². The van der Waals surface area contributed by atoms with E-state index in [-0.39, 0.29) is 0 Å². The third kappa shape index (κ3) is 4.23. The van der Waals surface area contributed by atoms with Crippen LogP contribution >= 0.6 is 11.3 Å². The molecule has 0 saturated carbocycles. The molecule has 1 aliphatic heterocycles. The first kappa shape index (κ1) is 15.8. The van der Waals surface area contributed by atoms with Gasteiger partial charge in [-0.1, -0.05) is 18.2 Å². The zero-order valence-electron chi connectivity index (χ0n) is 13.5. The number of nitrogens with two attached hydrogens (primary N) is 1. The maximum Gasteiger partial charge on any atom is 0.0440 e. The minimum atomic E-state index is 0.874. The molecule has 0 amide bonds. The molecule has 0 radical (unpaired) electrons. The number of benzene rings is 1. The van der Waals surface area contributed by atoms with Crippen molar-refractivity contribution in [3.8, 4) is 0 Å². The second-order valence-electron chi connectivity index (χ2n) is 5.87. The lowest BCUT2D eigenvalue weighted by Crippen LogP contribution is -2.25. The van der Waals surface area contributed by atoms with Crippen molar-refractivity contribution in [2.45, 2.75) is 26.3 Å². The number of hydrogen-bond donors (Lipinski definition) is 1. The third-order valence-electron chi connectivity index (χ3n) is 4.25. The van der Waals surface area contributed by atoms with E-state index in [4.69, 9.17) is 10.7 Å². The van der Waals surface area contributed by atoms with Gasteiger partial charge in [0.05, 0.1) is 0 Å². The molecule has 0 saturated heterocycles. The van der Waals surface area contributed by atoms with Gasteiger partial charge < -0.3 is 10.6 Å². The van der Waals surface area contributed by atoms with Gasteiger partial charge in [0.2, 0.25) is 0 Å².